The van der Waals surface area contributed by atoms with E-state index in [-0.39, 0.29) is 93.1 Å². The van der Waals surface area contributed by atoms with Crippen molar-refractivity contribution in [1.29, 1.82) is 0 Å². The van der Waals surface area contributed by atoms with Gasteiger partial charge in [-0.2, -0.15) is 0 Å². The van der Waals surface area contributed by atoms with Crippen molar-refractivity contribution in [3.63, 3.8) is 0 Å². The van der Waals surface area contributed by atoms with E-state index in [1.54, 1.807) is 80.2 Å². The molecule has 10 aromatic carbocycles. The molecular weight excluding hydrogens is 2040 g/mol. The molecule has 25 nitrogen and oxygen atoms in total. The Morgan fingerprint density at radius 3 is 0.844 bits per heavy atom. The predicted molar refractivity (Wildman–Crippen MR) is 591 cm³/mol. The van der Waals surface area contributed by atoms with Crippen LogP contribution in [0.3, 0.4) is 0 Å². The van der Waals surface area contributed by atoms with E-state index in [0.717, 1.165) is 89.0 Å². The molecule has 0 unspecified atom stereocenters. The smallest absolute Gasteiger partial charge is 0.303 e. The zero-order chi connectivity index (χ0) is 107. The molecule has 2 saturated carbocycles. The minimum Gasteiger partial charge on any atom is -0.481 e. The number of carboxylic acid groups (broad SMARTS) is 5. The van der Waals surface area contributed by atoms with Gasteiger partial charge < -0.3 is 25.5 Å². The molecule has 2 aliphatic rings. The molecule has 5 aromatic heterocycles. The highest BCUT2D eigenvalue weighted by Gasteiger charge is 2.39. The van der Waals surface area contributed by atoms with Crippen molar-refractivity contribution in [1.82, 2.24) is 47.8 Å². The Hall–Kier alpha value is -11.8. The van der Waals surface area contributed by atoms with Crippen molar-refractivity contribution in [3.05, 3.63) is 267 Å². The molecule has 17 rings (SSSR count). The molecule has 15 aromatic rings. The fraction of sp³-hybridized carbons (Fsp3) is 0.336. The van der Waals surface area contributed by atoms with E-state index in [4.69, 9.17) is 71.9 Å². The number of Topliss-reactive ketones (excluding diaryl/α,β-unsaturated/α-hetero) is 5. The molecule has 0 amide bonds. The van der Waals surface area contributed by atoms with Gasteiger partial charge in [-0.3, -0.25) is 70.8 Å². The molecule has 0 atom stereocenters. The van der Waals surface area contributed by atoms with Gasteiger partial charge in [0.1, 0.15) is 49.5 Å². The predicted octanol–water partition coefficient (Wildman–Crippen LogP) is 28.3. The molecule has 5 heterocycles. The number of fused-ring (bicyclic) bond motifs is 5. The molecule has 0 spiro atoms. The number of carboxylic acids is 5. The first-order valence-electron chi connectivity index (χ1n) is 48.4. The normalized spacial score (nSPS) is 12.8. The maximum atomic E-state index is 12.6. The molecule has 147 heavy (non-hydrogen) atoms. The van der Waals surface area contributed by atoms with Gasteiger partial charge in [0.25, 0.3) is 0 Å². The lowest BCUT2D eigenvalue weighted by Crippen LogP contribution is -2.28. The quantitative estimate of drug-likeness (QED) is 0.0223. The van der Waals surface area contributed by atoms with Crippen molar-refractivity contribution in [2.45, 2.75) is 267 Å². The van der Waals surface area contributed by atoms with E-state index in [2.05, 4.69) is 160 Å². The molecule has 0 saturated heterocycles. The summed E-state index contributed by atoms with van der Waals surface area (Å²) in [7, 11) is 0. The van der Waals surface area contributed by atoms with Crippen molar-refractivity contribution in [2.24, 2.45) is 0 Å². The topological polar surface area (TPSA) is 361 Å². The summed E-state index contributed by atoms with van der Waals surface area (Å²) in [6, 6.07) is 62.1. The van der Waals surface area contributed by atoms with Gasteiger partial charge in [-0.05, 0) is 218 Å². The molecule has 34 heteroatoms. The molecule has 0 aliphatic heterocycles. The average molecular weight is 2160 g/mol. The SMILES string of the molecule is CC(C)(Sc1ncc(Cl)n1-c1ccc(C2CC2)c2ccccc12)C(=O)CCC(=O)O.CC(C)c1ccc(-n2c(Cl)cnc2SC(C)(C)C(=O)CCC(=O)O)c2ccccc12.CCc1ccc(-n2c(Cl)cnc2SC(C)(C)C(=O)CCC(=O)O)c2ccccc12.Cc1ccc(-n2c(Cl)cnc2SC(C)(C)C(=O)CCC(=O)O)c2ccccc12.Cc1cnc(SC(C)(C)C(=O)CCC(=O)O)n1-c1ccc(C2CC2)c2ccccc12. The lowest BCUT2D eigenvalue weighted by atomic mass is 9.95. The van der Waals surface area contributed by atoms with Gasteiger partial charge in [-0.25, -0.2) is 24.9 Å². The van der Waals surface area contributed by atoms with Crippen LogP contribution in [0.5, 0.6) is 0 Å². The maximum absolute atomic E-state index is 12.6. The summed E-state index contributed by atoms with van der Waals surface area (Å²) in [6.45, 7) is 28.5. The van der Waals surface area contributed by atoms with E-state index in [9.17, 15) is 47.9 Å². The fourth-order valence-corrected chi connectivity index (χ4v) is 23.7. The first-order valence-corrected chi connectivity index (χ1v) is 53.9. The van der Waals surface area contributed by atoms with Crippen LogP contribution in [0.25, 0.3) is 82.3 Å². The van der Waals surface area contributed by atoms with E-state index in [1.807, 2.05) is 124 Å². The number of aliphatic carboxylic acids is 5. The van der Waals surface area contributed by atoms with E-state index >= 15 is 0 Å². The molecule has 0 radical (unpaired) electrons. The van der Waals surface area contributed by atoms with E-state index in [1.165, 1.54) is 123 Å². The Bertz CT molecular complexity index is 7120. The number of carbonyl (C=O) groups excluding carboxylic acids is 5. The second-order valence-corrected chi connectivity index (χ2v) is 48.4. The highest BCUT2D eigenvalue weighted by molar-refractivity contribution is 8.02. The summed E-state index contributed by atoms with van der Waals surface area (Å²) >= 11 is 32.6. The summed E-state index contributed by atoms with van der Waals surface area (Å²) < 4.78 is 5.41. The third kappa shape index (κ3) is 27.3. The summed E-state index contributed by atoms with van der Waals surface area (Å²) in [4.78, 5) is 139. The Kier molecular flexibility index (Phi) is 36.8. The summed E-state index contributed by atoms with van der Waals surface area (Å²) in [5, 5.41) is 60.7. The van der Waals surface area contributed by atoms with Gasteiger partial charge in [-0.1, -0.05) is 278 Å². The zero-order valence-corrected chi connectivity index (χ0v) is 91.5. The molecule has 768 valence electrons. The zero-order valence-electron chi connectivity index (χ0n) is 84.4. The van der Waals surface area contributed by atoms with Crippen LogP contribution in [0, 0.1) is 13.8 Å². The van der Waals surface area contributed by atoms with Gasteiger partial charge in [0.15, 0.2) is 25.8 Å². The van der Waals surface area contributed by atoms with Crippen molar-refractivity contribution in [3.8, 4) is 28.4 Å². The van der Waals surface area contributed by atoms with Gasteiger partial charge >= 0.3 is 29.8 Å². The number of benzene rings is 10. The van der Waals surface area contributed by atoms with Crippen LogP contribution in [0.2, 0.25) is 20.6 Å². The summed E-state index contributed by atoms with van der Waals surface area (Å²) in [5.74, 6) is -3.84. The summed E-state index contributed by atoms with van der Waals surface area (Å²) in [5.41, 5.74) is 12.1. The number of imidazole rings is 5. The van der Waals surface area contributed by atoms with Crippen molar-refractivity contribution in [2.75, 3.05) is 0 Å². The maximum Gasteiger partial charge on any atom is 0.303 e. The number of rotatable bonds is 39. The minimum absolute atomic E-state index is 0.0111. The van der Waals surface area contributed by atoms with Gasteiger partial charge in [0.05, 0.1) is 109 Å². The Morgan fingerprint density at radius 1 is 0.306 bits per heavy atom. The van der Waals surface area contributed by atoms with Crippen molar-refractivity contribution >= 4 is 218 Å². The Balaban J connectivity index is 0.000000154. The van der Waals surface area contributed by atoms with Crippen LogP contribution in [0.4, 0.5) is 0 Å². The number of carbonyl (C=O) groups is 10. The monoisotopic (exact) mass is 2150 g/mol. The number of aromatic nitrogens is 10. The second kappa shape index (κ2) is 48.2. The highest BCUT2D eigenvalue weighted by atomic mass is 35.5. The van der Waals surface area contributed by atoms with Crippen molar-refractivity contribution < 1.29 is 73.5 Å². The number of ketones is 5. The number of halogens is 4. The molecule has 2 fully saturated rings. The van der Waals surface area contributed by atoms with E-state index in [0.29, 0.717) is 59.0 Å². The van der Waals surface area contributed by atoms with Crippen LogP contribution in [0.1, 0.15) is 231 Å². The first-order chi connectivity index (χ1) is 69.6. The third-order valence-corrected chi connectivity index (χ3v) is 32.8. The van der Waals surface area contributed by atoms with Gasteiger partial charge in [0.2, 0.25) is 0 Å². The van der Waals surface area contributed by atoms with Crippen LogP contribution in [-0.4, -0.2) is 156 Å². The summed E-state index contributed by atoms with van der Waals surface area (Å²) in [6.07, 6.45) is 13.1. The van der Waals surface area contributed by atoms with Crippen LogP contribution in [-0.2, 0) is 54.4 Å². The number of thioether (sulfide) groups is 5. The molecule has 5 N–H and O–H groups in total. The average Bonchev–Trinajstić information content (AvgIpc) is 1.73. The van der Waals surface area contributed by atoms with Crippen LogP contribution < -0.4 is 0 Å². The van der Waals surface area contributed by atoms with Crippen LogP contribution >= 0.6 is 105 Å². The Morgan fingerprint density at radius 2 is 0.544 bits per heavy atom. The van der Waals surface area contributed by atoms with E-state index < -0.39 is 53.6 Å². The Labute approximate surface area is 894 Å². The second-order valence-electron chi connectivity index (χ2n) is 38.9. The minimum atomic E-state index is -0.982. The molecular formula is C113H118Cl4N10O15S5. The first kappa shape index (κ1) is 112. The van der Waals surface area contributed by atoms with Gasteiger partial charge in [-0.15, -0.1) is 0 Å². The molecule has 0 bridgehead atoms. The number of hydrogen-bond donors (Lipinski definition) is 5. The standard InChI is InChI=1S/C24H26N2O3S.C23H23ClN2O3S.C23H25ClN2O3S.C22H23ClN2O3S.C21H21ClN2O3S/c1-15-14-25-23(30-24(2,3)21(27)12-13-22(28)29)26(15)20-11-10-17(16-8-9-16)18-6-4-5-7-19(18)20;1-23(2,19(27)11-12-21(28)29)30-22-25-13-20(24)26(22)18-10-9-15(14-7-8-14)16-5-3-4-6-17(16)18;1-14(2)15-9-10-18(17-8-6-5-7-16(15)17)26-20(24)13-25-22(26)30-23(3,4)19(27)11-12-21(28)29;1-4-14-9-10-17(16-8-6-5-7-15(14)16)25-19(23)13-24-21(25)29-22(2,3)18(26)11-12-20(27)28;1-13-8-9-16(15-7-5-4-6-14(13)15)24-18(22)12-23-20(24)28-21(2,3)17(25)10-11-19(26)27/h4-7,10-11,14,16H,8-9,12-13H2,1-3H3,(H,28,29);3-6,9-10,13-14H,7-8,11-12H2,1-2H3,(H,28,29);5-10,13-14H,11-12H2,1-4H3,(H,28,29);5-10,13H,4,11-12H2,1-3H3,(H,27,28);4-9,12H,10-11H2,1-3H3,(H,26,27). The largest absolute Gasteiger partial charge is 0.481 e. The molecule has 2 aliphatic carbocycles. The lowest BCUT2D eigenvalue weighted by molar-refractivity contribution is -0.139. The van der Waals surface area contributed by atoms with Gasteiger partial charge in [0, 0.05) is 70.9 Å². The number of aryl methyl sites for hydroxylation is 3. The van der Waals surface area contributed by atoms with Crippen LogP contribution in [0.15, 0.2) is 239 Å². The third-order valence-electron chi connectivity index (χ3n) is 25.7. The lowest BCUT2D eigenvalue weighted by Gasteiger charge is -2.23. The highest BCUT2D eigenvalue weighted by Crippen LogP contribution is 2.50. The fourth-order valence-electron chi connectivity index (χ4n) is 17.2. The number of hydrogen-bond acceptors (Lipinski definition) is 20. The number of nitrogens with zero attached hydrogens (tertiary/aromatic N) is 10.